The molecule has 0 spiro atoms. The first-order valence-electron chi connectivity index (χ1n) is 7.07. The van der Waals surface area contributed by atoms with Crippen LogP contribution in [0.2, 0.25) is 0 Å². The third-order valence-corrected chi connectivity index (χ3v) is 3.36. The Morgan fingerprint density at radius 1 is 0.875 bits per heavy atom. The highest BCUT2D eigenvalue weighted by molar-refractivity contribution is 6.05. The number of hydrogen-bond donors (Lipinski definition) is 1. The van der Waals surface area contributed by atoms with Gasteiger partial charge in [-0.2, -0.15) is 0 Å². The van der Waals surface area contributed by atoms with Gasteiger partial charge in [-0.05, 0) is 47.2 Å². The molecular weight excluding hydrogens is 319 g/mol. The average Bonchev–Trinajstić information content (AvgIpc) is 2.54. The van der Waals surface area contributed by atoms with E-state index in [2.05, 4.69) is 10.1 Å². The van der Waals surface area contributed by atoms with Crippen molar-refractivity contribution in [3.8, 4) is 5.75 Å². The maximum atomic E-state index is 12.2. The molecule has 0 radical (unpaired) electrons. The maximum absolute atomic E-state index is 12.2. The van der Waals surface area contributed by atoms with Crippen molar-refractivity contribution in [2.24, 2.45) is 0 Å². The zero-order valence-corrected chi connectivity index (χ0v) is 12.3. The van der Waals surface area contributed by atoms with Gasteiger partial charge in [-0.25, -0.2) is 0 Å². The van der Waals surface area contributed by atoms with E-state index < -0.39 is 12.3 Å². The number of alkyl halides is 3. The summed E-state index contributed by atoms with van der Waals surface area (Å²) in [6.07, 6.45) is -4.76. The zero-order chi connectivity index (χ0) is 17.2. The van der Waals surface area contributed by atoms with Crippen molar-refractivity contribution in [1.82, 2.24) is 0 Å². The van der Waals surface area contributed by atoms with Gasteiger partial charge in [0.1, 0.15) is 5.75 Å². The van der Waals surface area contributed by atoms with Gasteiger partial charge < -0.3 is 10.1 Å². The SMILES string of the molecule is O=C(Nc1ccc2ccccc2c1)c1ccc(OC(F)(F)F)cc1. The molecule has 0 heterocycles. The third kappa shape index (κ3) is 3.84. The van der Waals surface area contributed by atoms with Crippen LogP contribution in [0.5, 0.6) is 5.75 Å². The third-order valence-electron chi connectivity index (χ3n) is 3.36. The normalized spacial score (nSPS) is 11.3. The number of anilines is 1. The summed E-state index contributed by atoms with van der Waals surface area (Å²) >= 11 is 0. The van der Waals surface area contributed by atoms with Gasteiger partial charge in [0.25, 0.3) is 5.91 Å². The van der Waals surface area contributed by atoms with Gasteiger partial charge in [-0.1, -0.05) is 30.3 Å². The molecule has 0 bridgehead atoms. The second-order valence-electron chi connectivity index (χ2n) is 5.09. The Morgan fingerprint density at radius 2 is 1.54 bits per heavy atom. The highest BCUT2D eigenvalue weighted by atomic mass is 19.4. The average molecular weight is 331 g/mol. The Hall–Kier alpha value is -3.02. The van der Waals surface area contributed by atoms with Crippen LogP contribution in [0.4, 0.5) is 18.9 Å². The van der Waals surface area contributed by atoms with Crippen LogP contribution in [0.15, 0.2) is 66.7 Å². The number of hydrogen-bond acceptors (Lipinski definition) is 2. The molecule has 24 heavy (non-hydrogen) atoms. The molecule has 0 unspecified atom stereocenters. The lowest BCUT2D eigenvalue weighted by Crippen LogP contribution is -2.17. The van der Waals surface area contributed by atoms with Crippen molar-refractivity contribution >= 4 is 22.4 Å². The molecule has 0 fully saturated rings. The fourth-order valence-corrected chi connectivity index (χ4v) is 2.28. The van der Waals surface area contributed by atoms with E-state index in [9.17, 15) is 18.0 Å². The Balaban J connectivity index is 1.73. The lowest BCUT2D eigenvalue weighted by atomic mass is 10.1. The van der Waals surface area contributed by atoms with Crippen LogP contribution in [-0.2, 0) is 0 Å². The van der Waals surface area contributed by atoms with Gasteiger partial charge in [-0.3, -0.25) is 4.79 Å². The molecule has 0 aliphatic carbocycles. The number of halogens is 3. The maximum Gasteiger partial charge on any atom is 0.573 e. The minimum absolute atomic E-state index is 0.234. The standard InChI is InChI=1S/C18H12F3NO2/c19-18(20,21)24-16-9-6-13(7-10-16)17(23)22-15-8-5-12-3-1-2-4-14(12)11-15/h1-11H,(H,22,23). The van der Waals surface area contributed by atoms with E-state index in [0.717, 1.165) is 22.9 Å². The molecule has 0 aliphatic heterocycles. The summed E-state index contributed by atoms with van der Waals surface area (Å²) in [4.78, 5) is 12.2. The first kappa shape index (κ1) is 15.9. The van der Waals surface area contributed by atoms with Crippen molar-refractivity contribution in [2.75, 3.05) is 5.32 Å². The molecule has 1 N–H and O–H groups in total. The number of amides is 1. The van der Waals surface area contributed by atoms with E-state index in [0.29, 0.717) is 5.69 Å². The van der Waals surface area contributed by atoms with Gasteiger partial charge in [0, 0.05) is 11.3 Å². The van der Waals surface area contributed by atoms with Gasteiger partial charge in [-0.15, -0.1) is 13.2 Å². The van der Waals surface area contributed by atoms with Crippen molar-refractivity contribution in [2.45, 2.75) is 6.36 Å². The highest BCUT2D eigenvalue weighted by Crippen LogP contribution is 2.23. The predicted octanol–water partition coefficient (Wildman–Crippen LogP) is 4.99. The molecule has 0 aliphatic rings. The lowest BCUT2D eigenvalue weighted by Gasteiger charge is -2.10. The fraction of sp³-hybridized carbons (Fsp3) is 0.0556. The largest absolute Gasteiger partial charge is 0.573 e. The second-order valence-corrected chi connectivity index (χ2v) is 5.09. The Kier molecular flexibility index (Phi) is 4.12. The van der Waals surface area contributed by atoms with Crippen LogP contribution >= 0.6 is 0 Å². The second kappa shape index (κ2) is 6.23. The summed E-state index contributed by atoms with van der Waals surface area (Å²) in [5.74, 6) is -0.784. The van der Waals surface area contributed by atoms with Crippen LogP contribution < -0.4 is 10.1 Å². The van der Waals surface area contributed by atoms with Crippen molar-refractivity contribution in [1.29, 1.82) is 0 Å². The van der Waals surface area contributed by atoms with Crippen LogP contribution in [0.3, 0.4) is 0 Å². The molecule has 0 saturated carbocycles. The summed E-state index contributed by atoms with van der Waals surface area (Å²) in [5, 5.41) is 4.74. The molecule has 3 nitrogen and oxygen atoms in total. The van der Waals surface area contributed by atoms with Gasteiger partial charge in [0.15, 0.2) is 0 Å². The summed E-state index contributed by atoms with van der Waals surface area (Å²) in [6.45, 7) is 0. The number of nitrogens with one attached hydrogen (secondary N) is 1. The van der Waals surface area contributed by atoms with E-state index in [1.54, 1.807) is 6.07 Å². The topological polar surface area (TPSA) is 38.3 Å². The van der Waals surface area contributed by atoms with E-state index >= 15 is 0 Å². The Labute approximate surface area is 135 Å². The van der Waals surface area contributed by atoms with E-state index in [1.165, 1.54) is 12.1 Å². The Bertz CT molecular complexity index is 873. The summed E-state index contributed by atoms with van der Waals surface area (Å²) in [7, 11) is 0. The molecule has 0 saturated heterocycles. The zero-order valence-electron chi connectivity index (χ0n) is 12.3. The quantitative estimate of drug-likeness (QED) is 0.734. The fourth-order valence-electron chi connectivity index (χ4n) is 2.28. The molecule has 1 amide bonds. The van der Waals surface area contributed by atoms with Gasteiger partial charge >= 0.3 is 6.36 Å². The van der Waals surface area contributed by atoms with Crippen LogP contribution in [0.25, 0.3) is 10.8 Å². The first-order valence-corrected chi connectivity index (χ1v) is 7.07. The molecule has 6 heteroatoms. The van der Waals surface area contributed by atoms with E-state index in [1.807, 2.05) is 36.4 Å². The molecule has 3 rings (SSSR count). The van der Waals surface area contributed by atoms with Crippen molar-refractivity contribution in [3.05, 3.63) is 72.3 Å². The van der Waals surface area contributed by atoms with Crippen molar-refractivity contribution < 1.29 is 22.7 Å². The van der Waals surface area contributed by atoms with Crippen LogP contribution in [-0.4, -0.2) is 12.3 Å². The molecule has 0 aromatic heterocycles. The van der Waals surface area contributed by atoms with Gasteiger partial charge in [0.2, 0.25) is 0 Å². The summed E-state index contributed by atoms with van der Waals surface area (Å²) in [6, 6.07) is 17.9. The lowest BCUT2D eigenvalue weighted by molar-refractivity contribution is -0.274. The Morgan fingerprint density at radius 3 is 2.21 bits per heavy atom. The number of fused-ring (bicyclic) bond motifs is 1. The minimum Gasteiger partial charge on any atom is -0.406 e. The molecule has 0 atom stereocenters. The molecular formula is C18H12F3NO2. The number of carbonyl (C=O) groups excluding carboxylic acids is 1. The minimum atomic E-state index is -4.76. The van der Waals surface area contributed by atoms with Crippen LogP contribution in [0, 0.1) is 0 Å². The number of ether oxygens (including phenoxy) is 1. The van der Waals surface area contributed by atoms with Crippen molar-refractivity contribution in [3.63, 3.8) is 0 Å². The molecule has 122 valence electrons. The predicted molar refractivity (Wildman–Crippen MR) is 85.0 cm³/mol. The number of benzene rings is 3. The van der Waals surface area contributed by atoms with Gasteiger partial charge in [0.05, 0.1) is 0 Å². The number of carbonyl (C=O) groups is 1. The molecule has 3 aromatic carbocycles. The van der Waals surface area contributed by atoms with Crippen LogP contribution in [0.1, 0.15) is 10.4 Å². The number of rotatable bonds is 3. The highest BCUT2D eigenvalue weighted by Gasteiger charge is 2.31. The smallest absolute Gasteiger partial charge is 0.406 e. The van der Waals surface area contributed by atoms with E-state index in [-0.39, 0.29) is 11.3 Å². The summed E-state index contributed by atoms with van der Waals surface area (Å²) < 4.78 is 40.1. The van der Waals surface area contributed by atoms with E-state index in [4.69, 9.17) is 0 Å². The first-order chi connectivity index (χ1) is 11.4. The molecule has 3 aromatic rings. The summed E-state index contributed by atoms with van der Waals surface area (Å²) in [5.41, 5.74) is 0.840. The monoisotopic (exact) mass is 331 g/mol.